The monoisotopic (exact) mass is 326 g/mol. The van der Waals surface area contributed by atoms with Gasteiger partial charge in [-0.3, -0.25) is 0 Å². The van der Waals surface area contributed by atoms with Crippen molar-refractivity contribution in [3.63, 3.8) is 0 Å². The van der Waals surface area contributed by atoms with E-state index in [0.29, 0.717) is 0 Å². The molecule has 0 atom stereocenters. The summed E-state index contributed by atoms with van der Waals surface area (Å²) in [7, 11) is 0. The molecule has 0 spiro atoms. The highest BCUT2D eigenvalue weighted by molar-refractivity contribution is 8.01. The summed E-state index contributed by atoms with van der Waals surface area (Å²) in [6.45, 7) is 3.92. The van der Waals surface area contributed by atoms with Crippen LogP contribution < -0.4 is 5.73 Å². The van der Waals surface area contributed by atoms with Crippen LogP contribution in [-0.2, 0) is 5.54 Å². The third-order valence-electron chi connectivity index (χ3n) is 2.72. The van der Waals surface area contributed by atoms with Crippen molar-refractivity contribution in [3.8, 4) is 0 Å². The Morgan fingerprint density at radius 3 is 2.80 bits per heavy atom. The number of nitrogens with two attached hydrogens (primary N) is 1. The smallest absolute Gasteiger partial charge is 0.154 e. The van der Waals surface area contributed by atoms with Crippen LogP contribution in [0.5, 0.6) is 0 Å². The molecule has 0 aliphatic carbocycles. The molecule has 20 heavy (non-hydrogen) atoms. The average Bonchev–Trinajstić information content (AvgIpc) is 2.96. The standard InChI is InChI=1S/C13H14N4S2.ClH/c1-13(2,14)11-16-8-9-10(4-3-6-17(9)11)19-12-15-5-7-18-12;/h3-8H,14H2,1-2H3;1H. The van der Waals surface area contributed by atoms with Crippen LogP contribution in [0.4, 0.5) is 0 Å². The van der Waals surface area contributed by atoms with E-state index in [9.17, 15) is 0 Å². The minimum Gasteiger partial charge on any atom is -0.319 e. The van der Waals surface area contributed by atoms with Gasteiger partial charge in [-0.05, 0) is 26.0 Å². The number of hydrogen-bond donors (Lipinski definition) is 1. The maximum atomic E-state index is 6.15. The molecule has 0 unspecified atom stereocenters. The fourth-order valence-electron chi connectivity index (χ4n) is 1.91. The minimum atomic E-state index is -0.461. The summed E-state index contributed by atoms with van der Waals surface area (Å²) in [4.78, 5) is 9.90. The Kier molecular flexibility index (Phi) is 4.39. The van der Waals surface area contributed by atoms with Gasteiger partial charge in [-0.2, -0.15) is 0 Å². The van der Waals surface area contributed by atoms with Crippen molar-refractivity contribution in [1.82, 2.24) is 14.4 Å². The Hall–Kier alpha value is -1.08. The van der Waals surface area contributed by atoms with E-state index in [-0.39, 0.29) is 12.4 Å². The number of imidazole rings is 1. The summed E-state index contributed by atoms with van der Waals surface area (Å²) in [6.07, 6.45) is 5.69. The highest BCUT2D eigenvalue weighted by Gasteiger charge is 2.21. The Bertz CT molecular complexity index is 701. The van der Waals surface area contributed by atoms with Crippen molar-refractivity contribution >= 4 is 41.0 Å². The van der Waals surface area contributed by atoms with E-state index in [1.54, 1.807) is 23.1 Å². The Morgan fingerprint density at radius 2 is 2.15 bits per heavy atom. The zero-order chi connectivity index (χ0) is 13.5. The zero-order valence-electron chi connectivity index (χ0n) is 11.1. The quantitative estimate of drug-likeness (QED) is 0.799. The first-order chi connectivity index (χ1) is 9.05. The van der Waals surface area contributed by atoms with Crippen LogP contribution in [0.15, 0.2) is 45.3 Å². The Labute approximate surface area is 131 Å². The normalized spacial score (nSPS) is 11.6. The second-order valence-electron chi connectivity index (χ2n) is 4.83. The predicted molar refractivity (Wildman–Crippen MR) is 85.9 cm³/mol. The van der Waals surface area contributed by atoms with Crippen molar-refractivity contribution in [2.45, 2.75) is 28.6 Å². The molecule has 0 saturated carbocycles. The summed E-state index contributed by atoms with van der Waals surface area (Å²) in [5.41, 5.74) is 6.76. The lowest BCUT2D eigenvalue weighted by atomic mass is 10.1. The van der Waals surface area contributed by atoms with Crippen LogP contribution in [-0.4, -0.2) is 14.4 Å². The van der Waals surface area contributed by atoms with Gasteiger partial charge in [0.25, 0.3) is 0 Å². The molecule has 3 aromatic heterocycles. The molecule has 0 fully saturated rings. The van der Waals surface area contributed by atoms with Crippen molar-refractivity contribution in [2.75, 3.05) is 0 Å². The van der Waals surface area contributed by atoms with Gasteiger partial charge in [0, 0.05) is 22.7 Å². The first-order valence-corrected chi connectivity index (χ1v) is 7.58. The van der Waals surface area contributed by atoms with Crippen LogP contribution in [0.1, 0.15) is 19.7 Å². The van der Waals surface area contributed by atoms with Gasteiger partial charge in [-0.15, -0.1) is 23.7 Å². The van der Waals surface area contributed by atoms with Gasteiger partial charge in [0.1, 0.15) is 5.82 Å². The van der Waals surface area contributed by atoms with E-state index in [1.807, 2.05) is 43.9 Å². The maximum Gasteiger partial charge on any atom is 0.154 e. The minimum absolute atomic E-state index is 0. The lowest BCUT2D eigenvalue weighted by Gasteiger charge is -2.17. The Balaban J connectivity index is 0.00000147. The third kappa shape index (κ3) is 2.83. The molecule has 4 nitrogen and oxygen atoms in total. The SMILES string of the molecule is CC(C)(N)c1ncc2c(Sc3nccs3)cccn12.Cl. The number of nitrogens with zero attached hydrogens (tertiary/aromatic N) is 3. The molecule has 3 rings (SSSR count). The van der Waals surface area contributed by atoms with Gasteiger partial charge in [0.05, 0.1) is 17.3 Å². The van der Waals surface area contributed by atoms with Gasteiger partial charge in [-0.1, -0.05) is 11.8 Å². The predicted octanol–water partition coefficient (Wildman–Crippen LogP) is 3.56. The van der Waals surface area contributed by atoms with Crippen LogP contribution >= 0.6 is 35.5 Å². The second kappa shape index (κ2) is 5.73. The molecule has 106 valence electrons. The number of hydrogen-bond acceptors (Lipinski definition) is 5. The van der Waals surface area contributed by atoms with Gasteiger partial charge in [0.2, 0.25) is 0 Å². The summed E-state index contributed by atoms with van der Waals surface area (Å²) >= 11 is 3.29. The second-order valence-corrected chi connectivity index (χ2v) is 7.01. The van der Waals surface area contributed by atoms with Crippen molar-refractivity contribution < 1.29 is 0 Å². The van der Waals surface area contributed by atoms with Crippen LogP contribution in [0, 0.1) is 0 Å². The van der Waals surface area contributed by atoms with Gasteiger partial charge < -0.3 is 10.1 Å². The lowest BCUT2D eigenvalue weighted by Crippen LogP contribution is -2.31. The summed E-state index contributed by atoms with van der Waals surface area (Å²) in [5.74, 6) is 0.865. The van der Waals surface area contributed by atoms with Crippen molar-refractivity contribution in [3.05, 3.63) is 41.9 Å². The number of rotatable bonds is 3. The summed E-state index contributed by atoms with van der Waals surface area (Å²) < 4.78 is 3.08. The van der Waals surface area contributed by atoms with Crippen LogP contribution in [0.2, 0.25) is 0 Å². The number of fused-ring (bicyclic) bond motifs is 1. The highest BCUT2D eigenvalue weighted by Crippen LogP contribution is 2.33. The molecule has 2 N–H and O–H groups in total. The van der Waals surface area contributed by atoms with Crippen LogP contribution in [0.3, 0.4) is 0 Å². The number of aromatic nitrogens is 3. The fourth-order valence-corrected chi connectivity index (χ4v) is 3.61. The Morgan fingerprint density at radius 1 is 1.35 bits per heavy atom. The first kappa shape index (κ1) is 15.3. The number of thiazole rings is 1. The summed E-state index contributed by atoms with van der Waals surface area (Å²) in [6, 6.07) is 4.09. The van der Waals surface area contributed by atoms with E-state index in [4.69, 9.17) is 5.73 Å². The van der Waals surface area contributed by atoms with E-state index in [1.165, 1.54) is 0 Å². The molecular formula is C13H15ClN4S2. The molecule has 3 heterocycles. The molecule has 0 amide bonds. The molecule has 0 radical (unpaired) electrons. The number of pyridine rings is 1. The van der Waals surface area contributed by atoms with E-state index in [2.05, 4.69) is 20.4 Å². The van der Waals surface area contributed by atoms with E-state index < -0.39 is 5.54 Å². The summed E-state index contributed by atoms with van der Waals surface area (Å²) in [5, 5.41) is 1.98. The molecule has 0 bridgehead atoms. The molecule has 0 aromatic carbocycles. The number of halogens is 1. The highest BCUT2D eigenvalue weighted by atomic mass is 35.5. The molecule has 7 heteroatoms. The molecule has 3 aromatic rings. The first-order valence-electron chi connectivity index (χ1n) is 5.88. The zero-order valence-corrected chi connectivity index (χ0v) is 13.6. The average molecular weight is 327 g/mol. The fraction of sp³-hybridized carbons (Fsp3) is 0.231. The maximum absolute atomic E-state index is 6.15. The van der Waals surface area contributed by atoms with Gasteiger partial charge >= 0.3 is 0 Å². The molecule has 0 aliphatic heterocycles. The van der Waals surface area contributed by atoms with Gasteiger partial charge in [-0.25, -0.2) is 9.97 Å². The van der Waals surface area contributed by atoms with Crippen molar-refractivity contribution in [2.24, 2.45) is 5.73 Å². The van der Waals surface area contributed by atoms with Gasteiger partial charge in [0.15, 0.2) is 4.34 Å². The van der Waals surface area contributed by atoms with E-state index >= 15 is 0 Å². The third-order valence-corrected chi connectivity index (χ3v) is 4.66. The molecule has 0 saturated heterocycles. The van der Waals surface area contributed by atoms with Crippen LogP contribution in [0.25, 0.3) is 5.52 Å². The van der Waals surface area contributed by atoms with E-state index in [0.717, 1.165) is 20.6 Å². The molecule has 0 aliphatic rings. The largest absolute Gasteiger partial charge is 0.319 e. The van der Waals surface area contributed by atoms with Crippen molar-refractivity contribution in [1.29, 1.82) is 0 Å². The topological polar surface area (TPSA) is 56.2 Å². The molecular weight excluding hydrogens is 312 g/mol. The lowest BCUT2D eigenvalue weighted by molar-refractivity contribution is 0.511.